The first kappa shape index (κ1) is 14.1. The maximum Gasteiger partial charge on any atom is 0.494 e. The smallest absolute Gasteiger partial charge is 0.399 e. The zero-order valence-electron chi connectivity index (χ0n) is 12.7. The molecule has 0 amide bonds. The molecule has 5 heteroatoms. The van der Waals surface area contributed by atoms with Crippen molar-refractivity contribution >= 4 is 23.4 Å². The molecule has 0 saturated carbocycles. The van der Waals surface area contributed by atoms with Crippen LogP contribution in [-0.4, -0.2) is 23.3 Å². The molecular formula is C16H17BN2O2. The quantitative estimate of drug-likeness (QED) is 0.753. The molecule has 1 aromatic heterocycles. The molecule has 0 spiro atoms. The Morgan fingerprint density at radius 3 is 2.33 bits per heavy atom. The van der Waals surface area contributed by atoms with E-state index in [-0.39, 0.29) is 11.2 Å². The van der Waals surface area contributed by atoms with Crippen LogP contribution in [-0.2, 0) is 9.31 Å². The Hall–Kier alpha value is -1.90. The van der Waals surface area contributed by atoms with E-state index < -0.39 is 7.12 Å². The van der Waals surface area contributed by atoms with Crippen molar-refractivity contribution in [2.24, 2.45) is 0 Å². The molecule has 3 rings (SSSR count). The fourth-order valence-corrected chi connectivity index (χ4v) is 2.35. The van der Waals surface area contributed by atoms with Crippen LogP contribution in [0.25, 0.3) is 10.8 Å². The second kappa shape index (κ2) is 4.55. The van der Waals surface area contributed by atoms with Gasteiger partial charge >= 0.3 is 7.12 Å². The van der Waals surface area contributed by atoms with E-state index in [0.29, 0.717) is 5.69 Å². The third-order valence-electron chi connectivity index (χ3n) is 4.39. The number of hydrogen-bond donors (Lipinski definition) is 0. The van der Waals surface area contributed by atoms with Crippen molar-refractivity contribution < 1.29 is 9.31 Å². The van der Waals surface area contributed by atoms with Crippen molar-refractivity contribution in [3.8, 4) is 6.07 Å². The zero-order valence-corrected chi connectivity index (χ0v) is 12.7. The number of pyridine rings is 1. The maximum absolute atomic E-state index is 8.95. The fourth-order valence-electron chi connectivity index (χ4n) is 2.35. The van der Waals surface area contributed by atoms with Gasteiger partial charge in [-0.25, -0.2) is 4.98 Å². The van der Waals surface area contributed by atoms with Crippen molar-refractivity contribution in [2.75, 3.05) is 0 Å². The Bertz CT molecular complexity index is 734. The standard InChI is InChI=1S/C16H17BN2O2/c1-15(2)16(3,4)21-17(20-15)13-6-5-11-10-19-14(9-18)8-12(11)7-13/h5-8,10H,1-4H3. The lowest BCUT2D eigenvalue weighted by molar-refractivity contribution is 0.00578. The number of aromatic nitrogens is 1. The predicted molar refractivity (Wildman–Crippen MR) is 82.2 cm³/mol. The molecule has 1 saturated heterocycles. The van der Waals surface area contributed by atoms with Gasteiger partial charge in [0.25, 0.3) is 0 Å². The Kier molecular flexibility index (Phi) is 3.05. The highest BCUT2D eigenvalue weighted by Gasteiger charge is 2.51. The molecule has 2 aromatic rings. The van der Waals surface area contributed by atoms with Crippen LogP contribution in [0.1, 0.15) is 33.4 Å². The molecule has 0 bridgehead atoms. The van der Waals surface area contributed by atoms with Gasteiger partial charge in [-0.15, -0.1) is 0 Å². The van der Waals surface area contributed by atoms with E-state index in [9.17, 15) is 0 Å². The first-order valence-electron chi connectivity index (χ1n) is 6.98. The predicted octanol–water partition coefficient (Wildman–Crippen LogP) is 2.41. The van der Waals surface area contributed by atoms with Gasteiger partial charge in [-0.05, 0) is 44.6 Å². The first-order valence-corrected chi connectivity index (χ1v) is 6.98. The van der Waals surface area contributed by atoms with Gasteiger partial charge in [0.1, 0.15) is 11.8 Å². The summed E-state index contributed by atoms with van der Waals surface area (Å²) in [6, 6.07) is 9.80. The molecule has 1 aliphatic heterocycles. The van der Waals surface area contributed by atoms with E-state index in [1.165, 1.54) is 0 Å². The summed E-state index contributed by atoms with van der Waals surface area (Å²) in [6.45, 7) is 8.13. The average molecular weight is 280 g/mol. The molecule has 0 aliphatic carbocycles. The van der Waals surface area contributed by atoms with Gasteiger partial charge in [0.05, 0.1) is 11.2 Å². The van der Waals surface area contributed by atoms with Crippen LogP contribution < -0.4 is 5.46 Å². The van der Waals surface area contributed by atoms with Crippen molar-refractivity contribution in [1.82, 2.24) is 4.98 Å². The SMILES string of the molecule is CC1(C)OB(c2ccc3cnc(C#N)cc3c2)OC1(C)C. The average Bonchev–Trinajstić information content (AvgIpc) is 2.66. The van der Waals surface area contributed by atoms with Crippen molar-refractivity contribution in [3.63, 3.8) is 0 Å². The van der Waals surface area contributed by atoms with Crippen LogP contribution >= 0.6 is 0 Å². The van der Waals surface area contributed by atoms with E-state index in [1.54, 1.807) is 12.3 Å². The lowest BCUT2D eigenvalue weighted by atomic mass is 9.78. The molecule has 1 aliphatic rings. The van der Waals surface area contributed by atoms with Crippen molar-refractivity contribution in [1.29, 1.82) is 5.26 Å². The fraction of sp³-hybridized carbons (Fsp3) is 0.375. The first-order chi connectivity index (χ1) is 9.82. The number of nitrogens with zero attached hydrogens (tertiary/aromatic N) is 2. The van der Waals surface area contributed by atoms with Crippen LogP contribution in [0.5, 0.6) is 0 Å². The molecule has 4 nitrogen and oxygen atoms in total. The van der Waals surface area contributed by atoms with Crippen LogP contribution in [0, 0.1) is 11.3 Å². The highest BCUT2D eigenvalue weighted by atomic mass is 16.7. The molecule has 0 N–H and O–H groups in total. The van der Waals surface area contributed by atoms with Crippen LogP contribution in [0.4, 0.5) is 0 Å². The van der Waals surface area contributed by atoms with E-state index in [2.05, 4.69) is 11.1 Å². The minimum absolute atomic E-state index is 0.358. The summed E-state index contributed by atoms with van der Waals surface area (Å²) in [7, 11) is -0.391. The minimum atomic E-state index is -0.391. The molecule has 1 fully saturated rings. The molecule has 0 atom stereocenters. The second-order valence-electron chi connectivity index (χ2n) is 6.38. The molecular weight excluding hydrogens is 263 g/mol. The molecule has 106 valence electrons. The van der Waals surface area contributed by atoms with Gasteiger partial charge in [0.15, 0.2) is 0 Å². The normalized spacial score (nSPS) is 19.7. The molecule has 21 heavy (non-hydrogen) atoms. The number of nitriles is 1. The number of fused-ring (bicyclic) bond motifs is 1. The van der Waals surface area contributed by atoms with Gasteiger partial charge < -0.3 is 9.31 Å². The minimum Gasteiger partial charge on any atom is -0.399 e. The summed E-state index contributed by atoms with van der Waals surface area (Å²) in [4.78, 5) is 4.08. The van der Waals surface area contributed by atoms with Crippen molar-refractivity contribution in [3.05, 3.63) is 36.2 Å². The van der Waals surface area contributed by atoms with E-state index >= 15 is 0 Å². The van der Waals surface area contributed by atoms with Crippen LogP contribution in [0.2, 0.25) is 0 Å². The van der Waals surface area contributed by atoms with Gasteiger partial charge in [0.2, 0.25) is 0 Å². The lowest BCUT2D eigenvalue weighted by Crippen LogP contribution is -2.41. The molecule has 2 heterocycles. The highest BCUT2D eigenvalue weighted by molar-refractivity contribution is 6.62. The Balaban J connectivity index is 2.01. The van der Waals surface area contributed by atoms with Crippen molar-refractivity contribution in [2.45, 2.75) is 38.9 Å². The zero-order chi connectivity index (χ0) is 15.3. The summed E-state index contributed by atoms with van der Waals surface area (Å²) in [5, 5.41) is 10.9. The highest BCUT2D eigenvalue weighted by Crippen LogP contribution is 2.36. The summed E-state index contributed by atoms with van der Waals surface area (Å²) in [5.41, 5.74) is 0.649. The van der Waals surface area contributed by atoms with Gasteiger partial charge in [-0.3, -0.25) is 0 Å². The summed E-state index contributed by atoms with van der Waals surface area (Å²) < 4.78 is 12.1. The van der Waals surface area contributed by atoms with E-state index in [1.807, 2.05) is 45.9 Å². The Morgan fingerprint density at radius 2 is 1.71 bits per heavy atom. The molecule has 1 aromatic carbocycles. The number of hydrogen-bond acceptors (Lipinski definition) is 4. The van der Waals surface area contributed by atoms with Gasteiger partial charge in [-0.2, -0.15) is 5.26 Å². The number of rotatable bonds is 1. The molecule has 0 unspecified atom stereocenters. The van der Waals surface area contributed by atoms with E-state index in [4.69, 9.17) is 14.6 Å². The van der Waals surface area contributed by atoms with Gasteiger partial charge in [0, 0.05) is 11.6 Å². The maximum atomic E-state index is 8.95. The van der Waals surface area contributed by atoms with Gasteiger partial charge in [-0.1, -0.05) is 18.2 Å². The lowest BCUT2D eigenvalue weighted by Gasteiger charge is -2.32. The monoisotopic (exact) mass is 280 g/mol. The number of benzene rings is 1. The van der Waals surface area contributed by atoms with Crippen LogP contribution in [0.3, 0.4) is 0 Å². The summed E-state index contributed by atoms with van der Waals surface area (Å²) in [6.07, 6.45) is 1.71. The summed E-state index contributed by atoms with van der Waals surface area (Å²) >= 11 is 0. The van der Waals surface area contributed by atoms with E-state index in [0.717, 1.165) is 16.2 Å². The summed E-state index contributed by atoms with van der Waals surface area (Å²) in [5.74, 6) is 0. The Morgan fingerprint density at radius 1 is 1.05 bits per heavy atom. The third kappa shape index (κ3) is 2.31. The third-order valence-corrected chi connectivity index (χ3v) is 4.39. The Labute approximate surface area is 124 Å². The largest absolute Gasteiger partial charge is 0.494 e. The molecule has 0 radical (unpaired) electrons. The topological polar surface area (TPSA) is 55.1 Å². The van der Waals surface area contributed by atoms with Crippen LogP contribution in [0.15, 0.2) is 30.5 Å². The second-order valence-corrected chi connectivity index (χ2v) is 6.38.